The van der Waals surface area contributed by atoms with Gasteiger partial charge in [0.15, 0.2) is 6.04 Å². The number of hydrazine groups is 1. The molecule has 0 fully saturated rings. The van der Waals surface area contributed by atoms with Crippen LogP contribution in [-0.2, 0) is 14.4 Å². The van der Waals surface area contributed by atoms with Gasteiger partial charge in [-0.3, -0.25) is 14.6 Å². The van der Waals surface area contributed by atoms with Crippen molar-refractivity contribution in [2.45, 2.75) is 31.3 Å². The Labute approximate surface area is 114 Å². The van der Waals surface area contributed by atoms with E-state index < -0.39 is 36.4 Å². The van der Waals surface area contributed by atoms with E-state index in [1.807, 2.05) is 0 Å². The van der Waals surface area contributed by atoms with Crippen LogP contribution in [0.2, 0.25) is 0 Å². The van der Waals surface area contributed by atoms with Gasteiger partial charge in [-0.25, -0.2) is 10.2 Å². The molecule has 0 aliphatic rings. The Hall–Kier alpha value is -2.20. The van der Waals surface area contributed by atoms with E-state index in [1.165, 1.54) is 0 Å². The van der Waals surface area contributed by atoms with Gasteiger partial charge in [0, 0.05) is 6.54 Å². The highest BCUT2D eigenvalue weighted by atomic mass is 16.4. The largest absolute Gasteiger partial charge is 0.481 e. The van der Waals surface area contributed by atoms with Crippen LogP contribution < -0.4 is 16.6 Å². The molecule has 0 aromatic heterocycles. The van der Waals surface area contributed by atoms with E-state index in [0.29, 0.717) is 13.0 Å². The lowest BCUT2D eigenvalue weighted by Gasteiger charge is -2.07. The first-order chi connectivity index (χ1) is 9.34. The Morgan fingerprint density at radius 2 is 1.85 bits per heavy atom. The number of carbonyl (C=O) groups is 3. The molecule has 0 saturated carbocycles. The van der Waals surface area contributed by atoms with Crippen molar-refractivity contribution >= 4 is 24.2 Å². The zero-order valence-electron chi connectivity index (χ0n) is 10.7. The Morgan fingerprint density at radius 3 is 2.35 bits per heavy atom. The SMILES string of the molecule is N[C@@H](CCCNNC=N[C@@H](CC(=O)O)C(=O)O)C(=O)O. The summed E-state index contributed by atoms with van der Waals surface area (Å²) >= 11 is 0. The summed E-state index contributed by atoms with van der Waals surface area (Å²) < 4.78 is 0. The van der Waals surface area contributed by atoms with Crippen LogP contribution in [-0.4, -0.2) is 58.2 Å². The lowest BCUT2D eigenvalue weighted by atomic mass is 10.2. The molecule has 0 radical (unpaired) electrons. The fourth-order valence-corrected chi connectivity index (χ4v) is 1.15. The molecule has 0 amide bonds. The number of nitrogens with zero attached hydrogens (tertiary/aromatic N) is 1. The second-order valence-electron chi connectivity index (χ2n) is 3.89. The van der Waals surface area contributed by atoms with Crippen molar-refractivity contribution in [1.82, 2.24) is 10.9 Å². The van der Waals surface area contributed by atoms with E-state index in [4.69, 9.17) is 21.1 Å². The monoisotopic (exact) mass is 290 g/mol. The molecule has 10 heteroatoms. The molecule has 0 aliphatic carbocycles. The van der Waals surface area contributed by atoms with E-state index in [9.17, 15) is 14.4 Å². The highest BCUT2D eigenvalue weighted by Crippen LogP contribution is 1.97. The van der Waals surface area contributed by atoms with Gasteiger partial charge in [-0.15, -0.1) is 0 Å². The maximum Gasteiger partial charge on any atom is 0.329 e. The van der Waals surface area contributed by atoms with Crippen molar-refractivity contribution in [2.24, 2.45) is 10.7 Å². The molecule has 20 heavy (non-hydrogen) atoms. The average molecular weight is 290 g/mol. The van der Waals surface area contributed by atoms with Crippen molar-refractivity contribution in [1.29, 1.82) is 0 Å². The van der Waals surface area contributed by atoms with E-state index in [1.54, 1.807) is 0 Å². The minimum Gasteiger partial charge on any atom is -0.481 e. The standard InChI is InChI=1S/C10H18N4O6/c11-6(9(17)18)2-1-3-13-14-5-12-7(10(19)20)4-8(15)16/h5-7,13H,1-4,11H2,(H,12,14)(H,15,16)(H,17,18)(H,19,20)/t6-,7-/m0/s1. The Balaban J connectivity index is 3.81. The first kappa shape index (κ1) is 17.8. The van der Waals surface area contributed by atoms with E-state index in [-0.39, 0.29) is 6.42 Å². The molecule has 0 unspecified atom stereocenters. The van der Waals surface area contributed by atoms with Gasteiger partial charge in [0.25, 0.3) is 0 Å². The third-order valence-electron chi connectivity index (χ3n) is 2.21. The third-order valence-corrected chi connectivity index (χ3v) is 2.21. The second kappa shape index (κ2) is 9.69. The summed E-state index contributed by atoms with van der Waals surface area (Å²) in [6.07, 6.45) is 1.21. The highest BCUT2D eigenvalue weighted by molar-refractivity contribution is 5.82. The molecule has 7 N–H and O–H groups in total. The van der Waals surface area contributed by atoms with Crippen molar-refractivity contribution in [3.63, 3.8) is 0 Å². The first-order valence-electron chi connectivity index (χ1n) is 5.77. The number of carboxylic acids is 3. The fourth-order valence-electron chi connectivity index (χ4n) is 1.15. The third kappa shape index (κ3) is 8.83. The summed E-state index contributed by atoms with van der Waals surface area (Å²) in [4.78, 5) is 35.0. The number of rotatable bonds is 11. The van der Waals surface area contributed by atoms with Gasteiger partial charge in [0.2, 0.25) is 0 Å². The average Bonchev–Trinajstić information content (AvgIpc) is 2.34. The van der Waals surface area contributed by atoms with E-state index in [2.05, 4.69) is 15.8 Å². The molecule has 0 heterocycles. The van der Waals surface area contributed by atoms with Crippen LogP contribution in [0.4, 0.5) is 0 Å². The number of nitrogens with one attached hydrogen (secondary N) is 2. The highest BCUT2D eigenvalue weighted by Gasteiger charge is 2.18. The molecule has 0 bridgehead atoms. The maximum absolute atomic E-state index is 10.6. The van der Waals surface area contributed by atoms with Gasteiger partial charge in [0.1, 0.15) is 6.04 Å². The van der Waals surface area contributed by atoms with Gasteiger partial charge in [-0.05, 0) is 12.8 Å². The van der Waals surface area contributed by atoms with Gasteiger partial charge < -0.3 is 26.5 Å². The number of hydrogen-bond acceptors (Lipinski definition) is 6. The summed E-state index contributed by atoms with van der Waals surface area (Å²) in [7, 11) is 0. The number of nitrogens with two attached hydrogens (primary N) is 1. The minimum absolute atomic E-state index is 0.290. The number of carboxylic acid groups (broad SMARTS) is 3. The van der Waals surface area contributed by atoms with Gasteiger partial charge in [-0.1, -0.05) is 0 Å². The Kier molecular flexibility index (Phi) is 8.63. The summed E-state index contributed by atoms with van der Waals surface area (Å²) in [5.41, 5.74) is 10.4. The summed E-state index contributed by atoms with van der Waals surface area (Å²) in [5.74, 6) is -3.67. The normalized spacial score (nSPS) is 13.8. The number of hydrogen-bond donors (Lipinski definition) is 6. The topological polar surface area (TPSA) is 174 Å². The molecule has 0 saturated heterocycles. The molecule has 0 aromatic rings. The van der Waals surface area contributed by atoms with Crippen molar-refractivity contribution < 1.29 is 29.7 Å². The number of aliphatic carboxylic acids is 3. The molecule has 0 aliphatic heterocycles. The Bertz CT molecular complexity index is 373. The van der Waals surface area contributed by atoms with Crippen LogP contribution >= 0.6 is 0 Å². The molecular weight excluding hydrogens is 272 g/mol. The van der Waals surface area contributed by atoms with Crippen molar-refractivity contribution in [2.75, 3.05) is 6.54 Å². The zero-order chi connectivity index (χ0) is 15.5. The smallest absolute Gasteiger partial charge is 0.329 e. The van der Waals surface area contributed by atoms with E-state index >= 15 is 0 Å². The molecule has 0 aromatic carbocycles. The van der Waals surface area contributed by atoms with Gasteiger partial charge >= 0.3 is 17.9 Å². The molecular formula is C10H18N4O6. The second-order valence-corrected chi connectivity index (χ2v) is 3.89. The zero-order valence-corrected chi connectivity index (χ0v) is 10.7. The predicted octanol–water partition coefficient (Wildman–Crippen LogP) is -1.77. The maximum atomic E-state index is 10.6. The first-order valence-corrected chi connectivity index (χ1v) is 5.77. The molecule has 0 rings (SSSR count). The lowest BCUT2D eigenvalue weighted by molar-refractivity contribution is -0.144. The van der Waals surface area contributed by atoms with Crippen LogP contribution in [0.5, 0.6) is 0 Å². The fraction of sp³-hybridized carbons (Fsp3) is 0.600. The Morgan fingerprint density at radius 1 is 1.20 bits per heavy atom. The van der Waals surface area contributed by atoms with Crippen LogP contribution in [0.1, 0.15) is 19.3 Å². The van der Waals surface area contributed by atoms with Crippen molar-refractivity contribution in [3.8, 4) is 0 Å². The van der Waals surface area contributed by atoms with Crippen LogP contribution in [0, 0.1) is 0 Å². The quantitative estimate of drug-likeness (QED) is 0.111. The summed E-state index contributed by atoms with van der Waals surface area (Å²) in [6, 6.07) is -2.28. The minimum atomic E-state index is -1.36. The van der Waals surface area contributed by atoms with Crippen LogP contribution in [0.3, 0.4) is 0 Å². The molecule has 2 atom stereocenters. The molecule has 114 valence electrons. The summed E-state index contributed by atoms with van der Waals surface area (Å²) in [5, 5.41) is 25.7. The van der Waals surface area contributed by atoms with Crippen molar-refractivity contribution in [3.05, 3.63) is 0 Å². The van der Waals surface area contributed by atoms with Gasteiger partial charge in [0.05, 0.1) is 12.8 Å². The lowest BCUT2D eigenvalue weighted by Crippen LogP contribution is -2.35. The summed E-state index contributed by atoms with van der Waals surface area (Å²) in [6.45, 7) is 0.393. The van der Waals surface area contributed by atoms with E-state index in [0.717, 1.165) is 6.34 Å². The molecule has 10 nitrogen and oxygen atoms in total. The predicted molar refractivity (Wildman–Crippen MR) is 68.2 cm³/mol. The number of aliphatic imine (C=N–C) groups is 1. The van der Waals surface area contributed by atoms with Crippen LogP contribution in [0.25, 0.3) is 0 Å². The van der Waals surface area contributed by atoms with Crippen LogP contribution in [0.15, 0.2) is 4.99 Å². The van der Waals surface area contributed by atoms with Gasteiger partial charge in [-0.2, -0.15) is 0 Å². The molecule has 0 spiro atoms.